The molecule has 0 saturated carbocycles. The van der Waals surface area contributed by atoms with Crippen LogP contribution in [0.5, 0.6) is 5.75 Å². The number of benzene rings is 3. The van der Waals surface area contributed by atoms with E-state index in [0.717, 1.165) is 16.7 Å². The van der Waals surface area contributed by atoms with Gasteiger partial charge in [0.05, 0.1) is 11.3 Å². The van der Waals surface area contributed by atoms with Crippen LogP contribution in [0, 0.1) is 6.92 Å². The molecule has 3 aromatic carbocycles. The Kier molecular flexibility index (Phi) is 5.62. The zero-order valence-corrected chi connectivity index (χ0v) is 16.9. The van der Waals surface area contributed by atoms with Crippen molar-refractivity contribution in [3.8, 4) is 5.75 Å². The number of ether oxygens (including phenoxy) is 1. The molecular weight excluding hydrogens is 392 g/mol. The van der Waals surface area contributed by atoms with Crippen molar-refractivity contribution < 1.29 is 19.4 Å². The van der Waals surface area contributed by atoms with Crippen LogP contribution in [0.4, 0.5) is 5.69 Å². The zero-order valence-electron chi connectivity index (χ0n) is 16.9. The lowest BCUT2D eigenvalue weighted by atomic mass is 10.0. The number of carboxylic acids is 1. The molecule has 0 unspecified atom stereocenters. The Balaban J connectivity index is 1.69. The van der Waals surface area contributed by atoms with E-state index < -0.39 is 12.6 Å². The number of hydrogen-bond donors (Lipinski definition) is 1. The number of rotatable bonds is 6. The van der Waals surface area contributed by atoms with Gasteiger partial charge in [0.1, 0.15) is 11.5 Å². The van der Waals surface area contributed by atoms with Crippen LogP contribution in [-0.2, 0) is 9.59 Å². The molecule has 6 nitrogen and oxygen atoms in total. The van der Waals surface area contributed by atoms with Crippen LogP contribution < -0.4 is 9.75 Å². The Labute approximate surface area is 179 Å². The van der Waals surface area contributed by atoms with Crippen LogP contribution in [0.2, 0.25) is 0 Å². The number of carbonyl (C=O) groups excluding carboxylic acids is 1. The van der Waals surface area contributed by atoms with Gasteiger partial charge in [-0.05, 0) is 42.8 Å². The molecule has 6 heteroatoms. The number of hydrogen-bond acceptors (Lipinski definition) is 4. The Morgan fingerprint density at radius 1 is 1.00 bits per heavy atom. The van der Waals surface area contributed by atoms with Crippen molar-refractivity contribution in [1.29, 1.82) is 0 Å². The number of aryl methyl sites for hydroxylation is 1. The van der Waals surface area contributed by atoms with Crippen molar-refractivity contribution in [2.45, 2.75) is 6.92 Å². The highest BCUT2D eigenvalue weighted by atomic mass is 16.5. The fourth-order valence-corrected chi connectivity index (χ4v) is 3.19. The van der Waals surface area contributed by atoms with Crippen LogP contribution in [0.15, 0.2) is 89.5 Å². The van der Waals surface area contributed by atoms with Gasteiger partial charge >= 0.3 is 5.97 Å². The molecule has 0 atom stereocenters. The van der Waals surface area contributed by atoms with Crippen LogP contribution in [0.1, 0.15) is 16.7 Å². The highest BCUT2D eigenvalue weighted by Gasteiger charge is 2.31. The molecule has 3 aromatic rings. The molecule has 0 fully saturated rings. The summed E-state index contributed by atoms with van der Waals surface area (Å²) < 4.78 is 5.17. The fraction of sp³-hybridized carbons (Fsp3) is 0.0800. The number of nitrogens with zero attached hydrogens (tertiary/aromatic N) is 2. The fourth-order valence-electron chi connectivity index (χ4n) is 3.19. The summed E-state index contributed by atoms with van der Waals surface area (Å²) in [6.45, 7) is 1.58. The van der Waals surface area contributed by atoms with Crippen molar-refractivity contribution in [2.24, 2.45) is 5.10 Å². The van der Waals surface area contributed by atoms with Gasteiger partial charge < -0.3 is 9.84 Å². The number of aliphatic carboxylic acids is 1. The Morgan fingerprint density at radius 3 is 2.32 bits per heavy atom. The summed E-state index contributed by atoms with van der Waals surface area (Å²) in [5.41, 5.74) is 4.50. The molecule has 0 aromatic heterocycles. The van der Waals surface area contributed by atoms with Gasteiger partial charge in [-0.15, -0.1) is 0 Å². The van der Waals surface area contributed by atoms with Gasteiger partial charge in [0.25, 0.3) is 5.91 Å². The van der Waals surface area contributed by atoms with E-state index in [1.165, 1.54) is 5.01 Å². The molecule has 0 saturated heterocycles. The lowest BCUT2D eigenvalue weighted by Crippen LogP contribution is -2.21. The van der Waals surface area contributed by atoms with E-state index in [2.05, 4.69) is 5.10 Å². The first-order valence-electron chi connectivity index (χ1n) is 9.73. The monoisotopic (exact) mass is 412 g/mol. The highest BCUT2D eigenvalue weighted by Crippen LogP contribution is 2.28. The van der Waals surface area contributed by atoms with Crippen LogP contribution in [-0.4, -0.2) is 29.3 Å². The predicted octanol–water partition coefficient (Wildman–Crippen LogP) is 4.29. The SMILES string of the molecule is Cc1ccc(N2N=C(c3ccccc3)/C(=C/c3ccc(OCC(=O)O)cc3)C2=O)cc1. The minimum Gasteiger partial charge on any atom is -0.482 e. The van der Waals surface area contributed by atoms with Gasteiger partial charge in [0.15, 0.2) is 6.61 Å². The molecule has 1 aliphatic rings. The molecule has 1 aliphatic heterocycles. The minimum absolute atomic E-state index is 0.214. The number of carboxylic acid groups (broad SMARTS) is 1. The van der Waals surface area contributed by atoms with Crippen LogP contribution in [0.25, 0.3) is 6.08 Å². The van der Waals surface area contributed by atoms with Gasteiger partial charge in [0, 0.05) is 5.56 Å². The maximum absolute atomic E-state index is 13.3. The summed E-state index contributed by atoms with van der Waals surface area (Å²) in [4.78, 5) is 23.9. The molecule has 1 N–H and O–H groups in total. The molecule has 0 aliphatic carbocycles. The van der Waals surface area contributed by atoms with E-state index in [1.54, 1.807) is 30.3 Å². The zero-order chi connectivity index (χ0) is 21.8. The summed E-state index contributed by atoms with van der Waals surface area (Å²) in [6, 6.07) is 24.1. The molecule has 4 rings (SSSR count). The second kappa shape index (κ2) is 8.67. The quantitative estimate of drug-likeness (QED) is 0.613. The summed E-state index contributed by atoms with van der Waals surface area (Å²) in [6.07, 6.45) is 1.78. The highest BCUT2D eigenvalue weighted by molar-refractivity contribution is 6.37. The van der Waals surface area contributed by atoms with Crippen molar-refractivity contribution in [1.82, 2.24) is 0 Å². The van der Waals surface area contributed by atoms with Gasteiger partial charge in [-0.2, -0.15) is 10.1 Å². The smallest absolute Gasteiger partial charge is 0.341 e. The Morgan fingerprint density at radius 2 is 1.68 bits per heavy atom. The van der Waals surface area contributed by atoms with Crippen molar-refractivity contribution in [2.75, 3.05) is 11.6 Å². The van der Waals surface area contributed by atoms with E-state index in [0.29, 0.717) is 22.7 Å². The number of amides is 1. The van der Waals surface area contributed by atoms with Crippen LogP contribution in [0.3, 0.4) is 0 Å². The molecule has 0 bridgehead atoms. The standard InChI is InChI=1S/C25H20N2O4/c1-17-7-11-20(12-8-17)27-25(30)22(24(26-27)19-5-3-2-4-6-19)15-18-9-13-21(14-10-18)31-16-23(28)29/h2-15H,16H2,1H3,(H,28,29)/b22-15-. The van der Waals surface area contributed by atoms with E-state index in [1.807, 2.05) is 61.5 Å². The van der Waals surface area contributed by atoms with Crippen molar-refractivity contribution in [3.63, 3.8) is 0 Å². The third-order valence-corrected chi connectivity index (χ3v) is 4.76. The molecule has 154 valence electrons. The number of carbonyl (C=O) groups is 2. The summed E-state index contributed by atoms with van der Waals surface area (Å²) >= 11 is 0. The second-order valence-corrected chi connectivity index (χ2v) is 7.08. The third-order valence-electron chi connectivity index (χ3n) is 4.76. The summed E-state index contributed by atoms with van der Waals surface area (Å²) in [5, 5.41) is 14.8. The lowest BCUT2D eigenvalue weighted by molar-refractivity contribution is -0.139. The lowest BCUT2D eigenvalue weighted by Gasteiger charge is -2.11. The van der Waals surface area contributed by atoms with E-state index in [-0.39, 0.29) is 5.91 Å². The second-order valence-electron chi connectivity index (χ2n) is 7.08. The third kappa shape index (κ3) is 4.53. The van der Waals surface area contributed by atoms with Crippen molar-refractivity contribution >= 4 is 29.4 Å². The van der Waals surface area contributed by atoms with Gasteiger partial charge in [0.2, 0.25) is 0 Å². The first kappa shape index (κ1) is 20.1. The Bertz CT molecular complexity index is 1160. The van der Waals surface area contributed by atoms with E-state index >= 15 is 0 Å². The molecule has 0 spiro atoms. The molecule has 0 radical (unpaired) electrons. The number of hydrazone groups is 1. The number of anilines is 1. The molecule has 1 heterocycles. The Hall–Kier alpha value is -4.19. The van der Waals surface area contributed by atoms with Gasteiger partial charge in [-0.3, -0.25) is 4.79 Å². The summed E-state index contributed by atoms with van der Waals surface area (Å²) in [7, 11) is 0. The maximum Gasteiger partial charge on any atom is 0.341 e. The molecule has 31 heavy (non-hydrogen) atoms. The molecular formula is C25H20N2O4. The topological polar surface area (TPSA) is 79.2 Å². The van der Waals surface area contributed by atoms with Crippen molar-refractivity contribution in [3.05, 3.63) is 101 Å². The summed E-state index contributed by atoms with van der Waals surface area (Å²) in [5.74, 6) is -0.808. The van der Waals surface area contributed by atoms with E-state index in [9.17, 15) is 9.59 Å². The largest absolute Gasteiger partial charge is 0.482 e. The van der Waals surface area contributed by atoms with Gasteiger partial charge in [-0.25, -0.2) is 4.79 Å². The van der Waals surface area contributed by atoms with E-state index in [4.69, 9.17) is 9.84 Å². The average molecular weight is 412 g/mol. The average Bonchev–Trinajstić information content (AvgIpc) is 3.10. The molecule has 1 amide bonds. The van der Waals surface area contributed by atoms with Gasteiger partial charge in [-0.1, -0.05) is 60.2 Å². The predicted molar refractivity (Wildman–Crippen MR) is 119 cm³/mol. The maximum atomic E-state index is 13.3. The first-order chi connectivity index (χ1) is 15.0. The minimum atomic E-state index is -1.04. The first-order valence-corrected chi connectivity index (χ1v) is 9.73. The normalized spacial score (nSPS) is 14.6. The van der Waals surface area contributed by atoms with Crippen LogP contribution >= 0.6 is 0 Å².